The van der Waals surface area contributed by atoms with Crippen LogP contribution < -0.4 is 19.1 Å². The molecular weight excluding hydrogens is 506 g/mol. The summed E-state index contributed by atoms with van der Waals surface area (Å²) in [5.41, 5.74) is 2.09. The number of carbonyl (C=O) groups is 2. The minimum atomic E-state index is -3.90. The number of rotatable bonds is 11. The van der Waals surface area contributed by atoms with Gasteiger partial charge in [-0.2, -0.15) is 0 Å². The first-order chi connectivity index (χ1) is 18.0. The lowest BCUT2D eigenvalue weighted by atomic mass is 9.95. The highest BCUT2D eigenvalue weighted by molar-refractivity contribution is 7.92. The molecule has 1 saturated carbocycles. The van der Waals surface area contributed by atoms with Gasteiger partial charge in [-0.3, -0.25) is 13.9 Å². The van der Waals surface area contributed by atoms with Crippen molar-refractivity contribution in [3.05, 3.63) is 53.6 Å². The molecule has 9 nitrogen and oxygen atoms in total. The molecule has 0 aromatic heterocycles. The Hall–Kier alpha value is -3.27. The quantitative estimate of drug-likeness (QED) is 0.462. The third-order valence-corrected chi connectivity index (χ3v) is 8.05. The highest BCUT2D eigenvalue weighted by Crippen LogP contribution is 2.34. The van der Waals surface area contributed by atoms with Crippen molar-refractivity contribution < 1.29 is 27.5 Å². The zero-order valence-electron chi connectivity index (χ0n) is 22.9. The first kappa shape index (κ1) is 29.3. The van der Waals surface area contributed by atoms with Crippen molar-refractivity contribution in [1.82, 2.24) is 10.2 Å². The first-order valence-corrected chi connectivity index (χ1v) is 14.7. The van der Waals surface area contributed by atoms with Gasteiger partial charge in [-0.15, -0.1) is 0 Å². The molecule has 3 rings (SSSR count). The van der Waals surface area contributed by atoms with Crippen LogP contribution in [0.1, 0.15) is 50.2 Å². The predicted octanol–water partition coefficient (Wildman–Crippen LogP) is 3.64. The lowest BCUT2D eigenvalue weighted by Crippen LogP contribution is -2.53. The van der Waals surface area contributed by atoms with Gasteiger partial charge < -0.3 is 19.7 Å². The first-order valence-electron chi connectivity index (χ1n) is 12.9. The van der Waals surface area contributed by atoms with Crippen molar-refractivity contribution in [2.24, 2.45) is 0 Å². The molecule has 0 spiro atoms. The Kier molecular flexibility index (Phi) is 10.0. The van der Waals surface area contributed by atoms with Gasteiger partial charge in [0.25, 0.3) is 0 Å². The number of anilines is 1. The maximum Gasteiger partial charge on any atom is 0.244 e. The van der Waals surface area contributed by atoms with Crippen molar-refractivity contribution in [3.8, 4) is 11.5 Å². The Labute approximate surface area is 226 Å². The molecule has 0 heterocycles. The fourth-order valence-electron chi connectivity index (χ4n) is 4.63. The number of sulfonamides is 1. The monoisotopic (exact) mass is 545 g/mol. The summed E-state index contributed by atoms with van der Waals surface area (Å²) in [4.78, 5) is 28.5. The number of nitrogens with zero attached hydrogens (tertiary/aromatic N) is 2. The van der Waals surface area contributed by atoms with Crippen LogP contribution in [-0.2, 0) is 26.2 Å². The fourth-order valence-corrected chi connectivity index (χ4v) is 5.47. The second-order valence-corrected chi connectivity index (χ2v) is 11.7. The molecule has 0 radical (unpaired) electrons. The topological polar surface area (TPSA) is 105 Å². The van der Waals surface area contributed by atoms with Gasteiger partial charge in [0, 0.05) is 18.7 Å². The van der Waals surface area contributed by atoms with Crippen molar-refractivity contribution in [2.45, 2.75) is 64.6 Å². The molecule has 0 aliphatic heterocycles. The van der Waals surface area contributed by atoms with Gasteiger partial charge in [-0.1, -0.05) is 49.1 Å². The number of methoxy groups -OCH3 is 2. The standard InChI is InChI=1S/C28H39N3O6S/c1-20-11-13-22(14-12-20)18-30(21(2)28(33)29-23-9-7-6-8-10-23)27(32)19-31(38(5,34)35)25-17-24(36-3)15-16-26(25)37-4/h11-17,21,23H,6-10,18-19H2,1-5H3,(H,29,33)/t21-/m0/s1. The van der Waals surface area contributed by atoms with E-state index in [4.69, 9.17) is 9.47 Å². The van der Waals surface area contributed by atoms with Crippen LogP contribution in [-0.4, -0.2) is 64.2 Å². The summed E-state index contributed by atoms with van der Waals surface area (Å²) in [6.45, 7) is 3.31. The predicted molar refractivity (Wildman–Crippen MR) is 148 cm³/mol. The third-order valence-electron chi connectivity index (χ3n) is 6.93. The van der Waals surface area contributed by atoms with E-state index in [1.54, 1.807) is 19.1 Å². The number of benzene rings is 2. The van der Waals surface area contributed by atoms with E-state index in [0.29, 0.717) is 5.75 Å². The number of nitrogens with one attached hydrogen (secondary N) is 1. The van der Waals surface area contributed by atoms with Crippen LogP contribution in [0.2, 0.25) is 0 Å². The van der Waals surface area contributed by atoms with E-state index in [1.807, 2.05) is 31.2 Å². The Balaban J connectivity index is 1.93. The summed E-state index contributed by atoms with van der Waals surface area (Å²) >= 11 is 0. The lowest BCUT2D eigenvalue weighted by Gasteiger charge is -2.33. The molecule has 1 aliphatic carbocycles. The molecule has 0 unspecified atom stereocenters. The number of hydrogen-bond donors (Lipinski definition) is 1. The highest BCUT2D eigenvalue weighted by Gasteiger charge is 2.32. The molecule has 2 aromatic rings. The van der Waals surface area contributed by atoms with E-state index in [9.17, 15) is 18.0 Å². The van der Waals surface area contributed by atoms with Gasteiger partial charge in [0.2, 0.25) is 21.8 Å². The molecule has 0 saturated heterocycles. The van der Waals surface area contributed by atoms with Crippen LogP contribution in [0.25, 0.3) is 0 Å². The Morgan fingerprint density at radius 2 is 1.68 bits per heavy atom. The highest BCUT2D eigenvalue weighted by atomic mass is 32.2. The van der Waals surface area contributed by atoms with E-state index in [2.05, 4.69) is 5.32 Å². The maximum atomic E-state index is 13.8. The minimum absolute atomic E-state index is 0.0867. The van der Waals surface area contributed by atoms with E-state index >= 15 is 0 Å². The van der Waals surface area contributed by atoms with Crippen molar-refractivity contribution in [1.29, 1.82) is 0 Å². The molecule has 2 aromatic carbocycles. The van der Waals surface area contributed by atoms with Crippen LogP contribution in [0.15, 0.2) is 42.5 Å². The van der Waals surface area contributed by atoms with E-state index in [1.165, 1.54) is 25.2 Å². The van der Waals surface area contributed by atoms with E-state index in [-0.39, 0.29) is 29.9 Å². The van der Waals surface area contributed by atoms with Gasteiger partial charge in [-0.25, -0.2) is 8.42 Å². The minimum Gasteiger partial charge on any atom is -0.497 e. The van der Waals surface area contributed by atoms with Crippen LogP contribution in [0.3, 0.4) is 0 Å². The molecule has 208 valence electrons. The second-order valence-electron chi connectivity index (χ2n) is 9.83. The summed E-state index contributed by atoms with van der Waals surface area (Å²) in [5.74, 6) is -0.0646. The van der Waals surface area contributed by atoms with Gasteiger partial charge in [-0.05, 0) is 44.4 Å². The molecule has 2 amide bonds. The molecular formula is C28H39N3O6S. The van der Waals surface area contributed by atoms with Gasteiger partial charge in [0.1, 0.15) is 24.1 Å². The maximum absolute atomic E-state index is 13.8. The number of ether oxygens (including phenoxy) is 2. The van der Waals surface area contributed by atoms with Crippen LogP contribution in [0.4, 0.5) is 5.69 Å². The van der Waals surface area contributed by atoms with E-state index < -0.39 is 28.5 Å². The third kappa shape index (κ3) is 7.63. The zero-order valence-corrected chi connectivity index (χ0v) is 23.7. The number of carbonyl (C=O) groups excluding carboxylic acids is 2. The summed E-state index contributed by atoms with van der Waals surface area (Å²) < 4.78 is 37.5. The largest absolute Gasteiger partial charge is 0.497 e. The van der Waals surface area contributed by atoms with Crippen molar-refractivity contribution in [3.63, 3.8) is 0 Å². The summed E-state index contributed by atoms with van der Waals surface area (Å²) in [7, 11) is -1.01. The van der Waals surface area contributed by atoms with E-state index in [0.717, 1.165) is 53.8 Å². The summed E-state index contributed by atoms with van der Waals surface area (Å²) in [6.07, 6.45) is 6.16. The molecule has 1 atom stereocenters. The van der Waals surface area contributed by atoms with Crippen molar-refractivity contribution >= 4 is 27.5 Å². The molecule has 10 heteroatoms. The SMILES string of the molecule is COc1ccc(OC)c(N(CC(=O)N(Cc2ccc(C)cc2)[C@@H](C)C(=O)NC2CCCCC2)S(C)(=O)=O)c1. The second kappa shape index (κ2) is 13.0. The number of amides is 2. The Bertz CT molecular complexity index is 1210. The smallest absolute Gasteiger partial charge is 0.244 e. The van der Waals surface area contributed by atoms with Crippen LogP contribution >= 0.6 is 0 Å². The normalized spacial score (nSPS) is 14.9. The molecule has 38 heavy (non-hydrogen) atoms. The molecule has 1 aliphatic rings. The van der Waals surface area contributed by atoms with Gasteiger partial charge in [0.15, 0.2) is 0 Å². The van der Waals surface area contributed by atoms with Crippen LogP contribution in [0, 0.1) is 6.92 Å². The number of aryl methyl sites for hydroxylation is 1. The average Bonchev–Trinajstić information content (AvgIpc) is 2.90. The summed E-state index contributed by atoms with van der Waals surface area (Å²) in [5, 5.41) is 3.10. The summed E-state index contributed by atoms with van der Waals surface area (Å²) in [6, 6.07) is 11.7. The average molecular weight is 546 g/mol. The Morgan fingerprint density at radius 3 is 2.26 bits per heavy atom. The van der Waals surface area contributed by atoms with Crippen LogP contribution in [0.5, 0.6) is 11.5 Å². The van der Waals surface area contributed by atoms with Gasteiger partial charge >= 0.3 is 0 Å². The zero-order chi connectivity index (χ0) is 27.9. The fraction of sp³-hybridized carbons (Fsp3) is 0.500. The molecule has 0 bridgehead atoms. The van der Waals surface area contributed by atoms with Gasteiger partial charge in [0.05, 0.1) is 26.2 Å². The van der Waals surface area contributed by atoms with Crippen molar-refractivity contribution in [2.75, 3.05) is 31.3 Å². The number of hydrogen-bond acceptors (Lipinski definition) is 6. The lowest BCUT2D eigenvalue weighted by molar-refractivity contribution is -0.139. The molecule has 1 N–H and O–H groups in total. The Morgan fingerprint density at radius 1 is 1.03 bits per heavy atom. The molecule has 1 fully saturated rings.